The second-order valence-corrected chi connectivity index (χ2v) is 3.48. The van der Waals surface area contributed by atoms with Gasteiger partial charge in [-0.05, 0) is 31.2 Å². The van der Waals surface area contributed by atoms with Crippen LogP contribution >= 0.6 is 11.6 Å². The number of carbonyl (C=O) groups is 2. The first-order valence-corrected chi connectivity index (χ1v) is 5.42. The van der Waals surface area contributed by atoms with Crippen molar-refractivity contribution in [3.63, 3.8) is 0 Å². The van der Waals surface area contributed by atoms with Crippen LogP contribution in [-0.2, 0) is 9.53 Å². The summed E-state index contributed by atoms with van der Waals surface area (Å²) in [5, 5.41) is 12.0. The predicted octanol–water partition coefficient (Wildman–Crippen LogP) is 1.91. The highest BCUT2D eigenvalue weighted by Gasteiger charge is 2.08. The molecule has 2 N–H and O–H groups in total. The molecule has 0 bridgehead atoms. The number of aromatic carboxylic acids is 1. The van der Waals surface area contributed by atoms with Crippen LogP contribution in [0.2, 0.25) is 0 Å². The Morgan fingerprint density at radius 3 is 2.50 bits per heavy atom. The summed E-state index contributed by atoms with van der Waals surface area (Å²) in [5.74, 6) is -1.75. The summed E-state index contributed by atoms with van der Waals surface area (Å²) in [6.07, 6.45) is 0. The van der Waals surface area contributed by atoms with Gasteiger partial charge in [0, 0.05) is 0 Å². The van der Waals surface area contributed by atoms with Gasteiger partial charge >= 0.3 is 11.9 Å². The number of ether oxygens (including phenoxy) is 1. The Morgan fingerprint density at radius 2 is 2.00 bits per heavy atom. The van der Waals surface area contributed by atoms with Crippen LogP contribution in [0.3, 0.4) is 0 Å². The Labute approximate surface area is 108 Å². The molecular formula is C11H11ClN2O4. The van der Waals surface area contributed by atoms with Crippen molar-refractivity contribution in [3.8, 4) is 0 Å². The van der Waals surface area contributed by atoms with E-state index in [4.69, 9.17) is 16.7 Å². The fourth-order valence-electron chi connectivity index (χ4n) is 1.04. The average molecular weight is 271 g/mol. The Balaban J connectivity index is 2.65. The lowest BCUT2D eigenvalue weighted by molar-refractivity contribution is -0.134. The van der Waals surface area contributed by atoms with Crippen LogP contribution in [0.25, 0.3) is 0 Å². The van der Waals surface area contributed by atoms with Crippen LogP contribution in [0.5, 0.6) is 0 Å². The number of halogens is 1. The Hall–Kier alpha value is -2.08. The number of nitrogens with zero attached hydrogens (tertiary/aromatic N) is 1. The summed E-state index contributed by atoms with van der Waals surface area (Å²) in [4.78, 5) is 21.7. The molecule has 0 heterocycles. The van der Waals surface area contributed by atoms with E-state index in [1.54, 1.807) is 6.92 Å². The van der Waals surface area contributed by atoms with Crippen molar-refractivity contribution >= 4 is 34.4 Å². The molecule has 6 nitrogen and oxygen atoms in total. The topological polar surface area (TPSA) is 88.0 Å². The van der Waals surface area contributed by atoms with Crippen LogP contribution in [0.4, 0.5) is 5.69 Å². The third-order valence-corrected chi connectivity index (χ3v) is 2.10. The smallest absolute Gasteiger partial charge is 0.370 e. The van der Waals surface area contributed by atoms with Crippen molar-refractivity contribution in [2.24, 2.45) is 5.10 Å². The standard InChI is InChI=1S/C11H11ClN2O4/c1-2-18-11(17)9(12)14-13-8-5-3-7(4-6-8)10(15)16/h3-6,13H,2H2,1H3,(H,15,16)/b14-9+. The second-order valence-electron chi connectivity index (χ2n) is 3.12. The largest absolute Gasteiger partial charge is 0.478 e. The van der Waals surface area contributed by atoms with E-state index < -0.39 is 11.9 Å². The first-order chi connectivity index (χ1) is 8.54. The molecule has 0 saturated heterocycles. The van der Waals surface area contributed by atoms with Gasteiger partial charge in [0.1, 0.15) is 0 Å². The van der Waals surface area contributed by atoms with Crippen molar-refractivity contribution in [1.29, 1.82) is 0 Å². The van der Waals surface area contributed by atoms with E-state index >= 15 is 0 Å². The van der Waals surface area contributed by atoms with Gasteiger partial charge in [0.05, 0.1) is 17.9 Å². The maximum absolute atomic E-state index is 11.1. The summed E-state index contributed by atoms with van der Waals surface area (Å²) in [5.41, 5.74) is 3.17. The number of nitrogens with one attached hydrogen (secondary N) is 1. The van der Waals surface area contributed by atoms with Gasteiger partial charge in [-0.25, -0.2) is 9.59 Å². The highest BCUT2D eigenvalue weighted by atomic mass is 35.5. The Morgan fingerprint density at radius 1 is 1.39 bits per heavy atom. The summed E-state index contributed by atoms with van der Waals surface area (Å²) in [6.45, 7) is 1.86. The summed E-state index contributed by atoms with van der Waals surface area (Å²) >= 11 is 5.56. The molecule has 0 spiro atoms. The van der Waals surface area contributed by atoms with Crippen LogP contribution in [0.1, 0.15) is 17.3 Å². The number of benzene rings is 1. The zero-order valence-electron chi connectivity index (χ0n) is 9.51. The Bertz CT molecular complexity index is 470. The molecule has 18 heavy (non-hydrogen) atoms. The van der Waals surface area contributed by atoms with Crippen molar-refractivity contribution in [2.45, 2.75) is 6.92 Å². The van der Waals surface area contributed by atoms with Gasteiger partial charge in [0.25, 0.3) is 0 Å². The molecule has 0 aliphatic rings. The average Bonchev–Trinajstić information content (AvgIpc) is 2.36. The molecule has 0 aliphatic carbocycles. The van der Waals surface area contributed by atoms with E-state index in [1.165, 1.54) is 24.3 Å². The molecule has 0 atom stereocenters. The fourth-order valence-corrected chi connectivity index (χ4v) is 1.13. The van der Waals surface area contributed by atoms with Gasteiger partial charge in [0.15, 0.2) is 0 Å². The van der Waals surface area contributed by atoms with Gasteiger partial charge in [-0.3, -0.25) is 5.43 Å². The van der Waals surface area contributed by atoms with Crippen LogP contribution in [0, 0.1) is 0 Å². The zero-order chi connectivity index (χ0) is 13.5. The number of anilines is 1. The molecule has 7 heteroatoms. The van der Waals surface area contributed by atoms with E-state index in [-0.39, 0.29) is 17.3 Å². The normalized spacial score (nSPS) is 10.9. The van der Waals surface area contributed by atoms with Gasteiger partial charge < -0.3 is 9.84 Å². The predicted molar refractivity (Wildman–Crippen MR) is 66.9 cm³/mol. The van der Waals surface area contributed by atoms with Gasteiger partial charge in [-0.1, -0.05) is 11.6 Å². The van der Waals surface area contributed by atoms with Gasteiger partial charge in [-0.2, -0.15) is 5.10 Å². The number of carbonyl (C=O) groups excluding carboxylic acids is 1. The fraction of sp³-hybridized carbons (Fsp3) is 0.182. The molecule has 0 aliphatic heterocycles. The number of carboxylic acid groups (broad SMARTS) is 1. The van der Waals surface area contributed by atoms with Crippen molar-refractivity contribution in [2.75, 3.05) is 12.0 Å². The molecule has 0 unspecified atom stereocenters. The monoisotopic (exact) mass is 270 g/mol. The number of carboxylic acids is 1. The molecule has 1 rings (SSSR count). The minimum atomic E-state index is -1.02. The molecule has 0 amide bonds. The lowest BCUT2D eigenvalue weighted by atomic mass is 10.2. The van der Waals surface area contributed by atoms with E-state index in [0.29, 0.717) is 5.69 Å². The van der Waals surface area contributed by atoms with Crippen molar-refractivity contribution in [1.82, 2.24) is 0 Å². The lowest BCUT2D eigenvalue weighted by Gasteiger charge is -2.02. The minimum Gasteiger partial charge on any atom is -0.478 e. The molecule has 1 aromatic carbocycles. The molecule has 0 radical (unpaired) electrons. The summed E-state index contributed by atoms with van der Waals surface area (Å²) in [6, 6.07) is 5.81. The van der Waals surface area contributed by atoms with Crippen molar-refractivity contribution in [3.05, 3.63) is 29.8 Å². The maximum atomic E-state index is 11.1. The first-order valence-electron chi connectivity index (χ1n) is 5.04. The number of rotatable bonds is 5. The molecule has 1 aromatic rings. The maximum Gasteiger partial charge on any atom is 0.370 e. The molecule has 96 valence electrons. The summed E-state index contributed by atoms with van der Waals surface area (Å²) in [7, 11) is 0. The Kier molecular flexibility index (Phi) is 5.13. The number of hydrogen-bond acceptors (Lipinski definition) is 5. The van der Waals surface area contributed by atoms with Gasteiger partial charge in [0.2, 0.25) is 5.17 Å². The van der Waals surface area contributed by atoms with Crippen LogP contribution < -0.4 is 5.43 Å². The third kappa shape index (κ3) is 4.06. The molecular weight excluding hydrogens is 260 g/mol. The lowest BCUT2D eigenvalue weighted by Crippen LogP contribution is -2.13. The van der Waals surface area contributed by atoms with E-state index in [0.717, 1.165) is 0 Å². The third-order valence-electron chi connectivity index (χ3n) is 1.86. The highest BCUT2D eigenvalue weighted by Crippen LogP contribution is 2.09. The van der Waals surface area contributed by atoms with Crippen LogP contribution in [-0.4, -0.2) is 28.8 Å². The number of esters is 1. The van der Waals surface area contributed by atoms with Crippen LogP contribution in [0.15, 0.2) is 29.4 Å². The molecule has 0 aromatic heterocycles. The zero-order valence-corrected chi connectivity index (χ0v) is 10.3. The number of hydrazone groups is 1. The van der Waals surface area contributed by atoms with E-state index in [9.17, 15) is 9.59 Å². The van der Waals surface area contributed by atoms with E-state index in [2.05, 4.69) is 15.3 Å². The highest BCUT2D eigenvalue weighted by molar-refractivity contribution is 6.82. The molecule has 0 saturated carbocycles. The van der Waals surface area contributed by atoms with E-state index in [1.807, 2.05) is 0 Å². The van der Waals surface area contributed by atoms with Crippen molar-refractivity contribution < 1.29 is 19.4 Å². The quantitative estimate of drug-likeness (QED) is 0.485. The second kappa shape index (κ2) is 6.61. The summed E-state index contributed by atoms with van der Waals surface area (Å²) < 4.78 is 4.62. The first kappa shape index (κ1) is 14.0. The number of hydrogen-bond donors (Lipinski definition) is 2. The van der Waals surface area contributed by atoms with Gasteiger partial charge in [-0.15, -0.1) is 0 Å². The molecule has 0 fully saturated rings. The minimum absolute atomic E-state index is 0.154. The SMILES string of the molecule is CCOC(=O)/C(Cl)=N\Nc1ccc(C(=O)O)cc1.